The average Bonchev–Trinajstić information content (AvgIpc) is 2.83. The second-order valence-electron chi connectivity index (χ2n) is 4.98. The van der Waals surface area contributed by atoms with Crippen molar-refractivity contribution >= 4 is 29.9 Å². The number of oxazole rings is 1. The maximum Gasteiger partial charge on any atom is 0.214 e. The van der Waals surface area contributed by atoms with E-state index < -0.39 is 0 Å². The van der Waals surface area contributed by atoms with Crippen LogP contribution in [0.4, 0.5) is 4.39 Å². The summed E-state index contributed by atoms with van der Waals surface area (Å²) in [6, 6.07) is 6.50. The first-order valence-electron chi connectivity index (χ1n) is 7.20. The van der Waals surface area contributed by atoms with E-state index in [9.17, 15) is 4.39 Å². The van der Waals surface area contributed by atoms with Gasteiger partial charge in [0.25, 0.3) is 0 Å². The van der Waals surface area contributed by atoms with Gasteiger partial charge in [-0.1, -0.05) is 12.1 Å². The van der Waals surface area contributed by atoms with Crippen molar-refractivity contribution in [1.29, 1.82) is 0 Å². The molecule has 0 aliphatic rings. The van der Waals surface area contributed by atoms with Gasteiger partial charge in [0, 0.05) is 13.6 Å². The molecule has 0 spiro atoms. The minimum Gasteiger partial charge on any atom is -0.444 e. The SMILES string of the molecule is CN=C(NCCc1ccc(F)cc1)NCc1nc(C)c(C)o1.I. The lowest BCUT2D eigenvalue weighted by Gasteiger charge is -2.10. The summed E-state index contributed by atoms with van der Waals surface area (Å²) in [6.07, 6.45) is 0.790. The predicted octanol–water partition coefficient (Wildman–Crippen LogP) is 2.96. The van der Waals surface area contributed by atoms with Gasteiger partial charge in [-0.15, -0.1) is 24.0 Å². The van der Waals surface area contributed by atoms with Gasteiger partial charge >= 0.3 is 0 Å². The Kier molecular flexibility index (Phi) is 8.01. The summed E-state index contributed by atoms with van der Waals surface area (Å²) in [6.45, 7) is 4.99. The molecule has 2 aromatic rings. The Bertz CT molecular complexity index is 621. The molecular weight excluding hydrogens is 410 g/mol. The van der Waals surface area contributed by atoms with E-state index in [0.29, 0.717) is 24.9 Å². The molecule has 0 fully saturated rings. The molecule has 1 aromatic carbocycles. The van der Waals surface area contributed by atoms with E-state index in [1.165, 1.54) is 12.1 Å². The van der Waals surface area contributed by atoms with Crippen LogP contribution in [-0.4, -0.2) is 24.5 Å². The molecule has 23 heavy (non-hydrogen) atoms. The molecule has 2 rings (SSSR count). The fourth-order valence-corrected chi connectivity index (χ4v) is 1.97. The van der Waals surface area contributed by atoms with Crippen molar-refractivity contribution < 1.29 is 8.81 Å². The van der Waals surface area contributed by atoms with Crippen molar-refractivity contribution in [3.05, 3.63) is 53.0 Å². The number of aryl methyl sites for hydroxylation is 2. The molecule has 5 nitrogen and oxygen atoms in total. The van der Waals surface area contributed by atoms with Crippen LogP contribution in [0, 0.1) is 19.7 Å². The maximum atomic E-state index is 12.8. The fourth-order valence-electron chi connectivity index (χ4n) is 1.97. The molecule has 1 heterocycles. The Morgan fingerprint density at radius 1 is 1.22 bits per heavy atom. The van der Waals surface area contributed by atoms with Crippen LogP contribution in [0.25, 0.3) is 0 Å². The first-order chi connectivity index (χ1) is 10.6. The van der Waals surface area contributed by atoms with E-state index >= 15 is 0 Å². The number of benzene rings is 1. The third-order valence-electron chi connectivity index (χ3n) is 3.32. The molecule has 0 aliphatic carbocycles. The van der Waals surface area contributed by atoms with E-state index in [-0.39, 0.29) is 29.8 Å². The molecule has 0 bridgehead atoms. The molecule has 1 aromatic heterocycles. The lowest BCUT2D eigenvalue weighted by molar-refractivity contribution is 0.464. The summed E-state index contributed by atoms with van der Waals surface area (Å²) >= 11 is 0. The number of hydrogen-bond donors (Lipinski definition) is 2. The van der Waals surface area contributed by atoms with Gasteiger partial charge in [0.05, 0.1) is 12.2 Å². The highest BCUT2D eigenvalue weighted by atomic mass is 127. The van der Waals surface area contributed by atoms with Gasteiger partial charge in [0.1, 0.15) is 11.6 Å². The van der Waals surface area contributed by atoms with Crippen LogP contribution in [0.15, 0.2) is 33.7 Å². The first kappa shape index (κ1) is 19.4. The number of aromatic nitrogens is 1. The van der Waals surface area contributed by atoms with Crippen LogP contribution in [0.1, 0.15) is 22.9 Å². The van der Waals surface area contributed by atoms with E-state index in [4.69, 9.17) is 4.42 Å². The second kappa shape index (κ2) is 9.49. The van der Waals surface area contributed by atoms with Gasteiger partial charge in [-0.25, -0.2) is 9.37 Å². The van der Waals surface area contributed by atoms with Crippen molar-refractivity contribution in [3.8, 4) is 0 Å². The minimum absolute atomic E-state index is 0. The standard InChI is InChI=1S/C16H21FN4O.HI/c1-11-12(2)22-15(21-11)10-20-16(18-3)19-9-8-13-4-6-14(17)7-5-13;/h4-7H,8-10H2,1-3H3,(H2,18,19,20);1H. The van der Waals surface area contributed by atoms with Gasteiger partial charge in [0.2, 0.25) is 5.89 Å². The molecule has 126 valence electrons. The fraction of sp³-hybridized carbons (Fsp3) is 0.375. The van der Waals surface area contributed by atoms with E-state index in [1.54, 1.807) is 19.2 Å². The van der Waals surface area contributed by atoms with Crippen molar-refractivity contribution in [2.45, 2.75) is 26.8 Å². The normalized spacial score (nSPS) is 11.0. The van der Waals surface area contributed by atoms with E-state index in [0.717, 1.165) is 23.4 Å². The third-order valence-corrected chi connectivity index (χ3v) is 3.32. The van der Waals surface area contributed by atoms with Crippen LogP contribution in [0.3, 0.4) is 0 Å². The molecule has 0 radical (unpaired) electrons. The molecule has 2 N–H and O–H groups in total. The van der Waals surface area contributed by atoms with Crippen LogP contribution in [0.5, 0.6) is 0 Å². The monoisotopic (exact) mass is 432 g/mol. The van der Waals surface area contributed by atoms with E-state index in [1.807, 2.05) is 13.8 Å². The molecule has 0 amide bonds. The number of aliphatic imine (C=N–C) groups is 1. The van der Waals surface area contributed by atoms with Gasteiger partial charge in [-0.05, 0) is 38.0 Å². The Hall–Kier alpha value is -1.64. The highest BCUT2D eigenvalue weighted by Crippen LogP contribution is 2.07. The zero-order chi connectivity index (χ0) is 15.9. The Balaban J connectivity index is 0.00000264. The Morgan fingerprint density at radius 2 is 1.91 bits per heavy atom. The zero-order valence-corrected chi connectivity index (χ0v) is 15.8. The first-order valence-corrected chi connectivity index (χ1v) is 7.20. The van der Waals surface area contributed by atoms with Crippen molar-refractivity contribution in [1.82, 2.24) is 15.6 Å². The largest absolute Gasteiger partial charge is 0.444 e. The van der Waals surface area contributed by atoms with Crippen molar-refractivity contribution in [2.75, 3.05) is 13.6 Å². The highest BCUT2D eigenvalue weighted by Gasteiger charge is 2.06. The highest BCUT2D eigenvalue weighted by molar-refractivity contribution is 14.0. The molecule has 0 aliphatic heterocycles. The minimum atomic E-state index is -0.217. The van der Waals surface area contributed by atoms with Gasteiger partial charge in [-0.2, -0.15) is 0 Å². The third kappa shape index (κ3) is 6.17. The number of guanidine groups is 1. The summed E-state index contributed by atoms with van der Waals surface area (Å²) in [5, 5.41) is 6.34. The van der Waals surface area contributed by atoms with Crippen LogP contribution in [0.2, 0.25) is 0 Å². The summed E-state index contributed by atoms with van der Waals surface area (Å²) in [4.78, 5) is 8.45. The van der Waals surface area contributed by atoms with Crippen LogP contribution < -0.4 is 10.6 Å². The second-order valence-corrected chi connectivity index (χ2v) is 4.98. The van der Waals surface area contributed by atoms with Gasteiger partial charge in [0.15, 0.2) is 5.96 Å². The van der Waals surface area contributed by atoms with Crippen LogP contribution in [-0.2, 0) is 13.0 Å². The average molecular weight is 432 g/mol. The quantitative estimate of drug-likeness (QED) is 0.434. The number of nitrogens with zero attached hydrogens (tertiary/aromatic N) is 2. The number of hydrogen-bond acceptors (Lipinski definition) is 3. The summed E-state index contributed by atoms with van der Waals surface area (Å²) < 4.78 is 18.3. The molecule has 0 saturated carbocycles. The number of rotatable bonds is 5. The van der Waals surface area contributed by atoms with Crippen LogP contribution >= 0.6 is 24.0 Å². The molecular formula is C16H22FIN4O. The summed E-state index contributed by atoms with van der Waals surface area (Å²) in [5.74, 6) is 1.92. The topological polar surface area (TPSA) is 62.5 Å². The molecule has 0 atom stereocenters. The van der Waals surface area contributed by atoms with Crippen molar-refractivity contribution in [3.63, 3.8) is 0 Å². The lowest BCUT2D eigenvalue weighted by atomic mass is 10.1. The van der Waals surface area contributed by atoms with Gasteiger partial charge < -0.3 is 15.1 Å². The zero-order valence-electron chi connectivity index (χ0n) is 13.5. The Morgan fingerprint density at radius 3 is 2.48 bits per heavy atom. The molecule has 7 heteroatoms. The lowest BCUT2D eigenvalue weighted by Crippen LogP contribution is -2.37. The van der Waals surface area contributed by atoms with E-state index in [2.05, 4.69) is 20.6 Å². The molecule has 0 saturated heterocycles. The molecule has 0 unspecified atom stereocenters. The maximum absolute atomic E-state index is 12.8. The smallest absolute Gasteiger partial charge is 0.214 e. The summed E-state index contributed by atoms with van der Waals surface area (Å²) in [7, 11) is 1.71. The number of halogens is 2. The van der Waals surface area contributed by atoms with Gasteiger partial charge in [-0.3, -0.25) is 4.99 Å². The summed E-state index contributed by atoms with van der Waals surface area (Å²) in [5.41, 5.74) is 1.97. The van der Waals surface area contributed by atoms with Crippen molar-refractivity contribution in [2.24, 2.45) is 4.99 Å². The Labute approximate surface area is 152 Å². The predicted molar refractivity (Wildman–Crippen MR) is 99.7 cm³/mol. The number of nitrogens with one attached hydrogen (secondary N) is 2.